The molecule has 0 aliphatic rings. The molecule has 8 nitrogen and oxygen atoms in total. The summed E-state index contributed by atoms with van der Waals surface area (Å²) in [7, 11) is -2.46. The summed E-state index contributed by atoms with van der Waals surface area (Å²) in [5.74, 6) is -0.883. The summed E-state index contributed by atoms with van der Waals surface area (Å²) in [4.78, 5) is 23.9. The molecule has 2 N–H and O–H groups in total. The van der Waals surface area contributed by atoms with Crippen LogP contribution in [0.25, 0.3) is 0 Å². The van der Waals surface area contributed by atoms with Crippen molar-refractivity contribution in [2.75, 3.05) is 19.0 Å². The number of hydrogen-bond acceptors (Lipinski definition) is 6. The van der Waals surface area contributed by atoms with Crippen LogP contribution in [0.1, 0.15) is 12.5 Å². The number of sulfonamides is 1. The Morgan fingerprint density at radius 3 is 2.39 bits per heavy atom. The van der Waals surface area contributed by atoms with Crippen molar-refractivity contribution < 1.29 is 27.5 Å². The predicted octanol–water partition coefficient (Wildman–Crippen LogP) is 1.85. The quantitative estimate of drug-likeness (QED) is 0.648. The molecule has 0 unspecified atom stereocenters. The van der Waals surface area contributed by atoms with Crippen molar-refractivity contribution in [1.29, 1.82) is 0 Å². The zero-order valence-electron chi connectivity index (χ0n) is 15.8. The van der Waals surface area contributed by atoms with Crippen molar-refractivity contribution >= 4 is 27.6 Å². The lowest BCUT2D eigenvalue weighted by Gasteiger charge is -2.14. The molecule has 0 fully saturated rings. The molecule has 0 saturated heterocycles. The summed E-state index contributed by atoms with van der Waals surface area (Å²) in [5.41, 5.74) is 1.55. The van der Waals surface area contributed by atoms with Gasteiger partial charge in [-0.2, -0.15) is 4.72 Å². The van der Waals surface area contributed by atoms with E-state index in [2.05, 4.69) is 10.0 Å². The minimum Gasteiger partial charge on any atom is -0.497 e. The third-order valence-electron chi connectivity index (χ3n) is 3.70. The van der Waals surface area contributed by atoms with Crippen LogP contribution in [0, 0.1) is 6.92 Å². The van der Waals surface area contributed by atoms with Gasteiger partial charge in [0.2, 0.25) is 10.0 Å². The minimum atomic E-state index is -3.93. The molecule has 28 heavy (non-hydrogen) atoms. The molecule has 1 atom stereocenters. The van der Waals surface area contributed by atoms with Gasteiger partial charge in [0.1, 0.15) is 11.8 Å². The Morgan fingerprint density at radius 1 is 1.11 bits per heavy atom. The van der Waals surface area contributed by atoms with E-state index >= 15 is 0 Å². The number of benzene rings is 2. The Kier molecular flexibility index (Phi) is 7.13. The predicted molar refractivity (Wildman–Crippen MR) is 104 cm³/mol. The Balaban J connectivity index is 1.88. The van der Waals surface area contributed by atoms with Crippen LogP contribution in [0.3, 0.4) is 0 Å². The van der Waals surface area contributed by atoms with Crippen molar-refractivity contribution in [2.45, 2.75) is 24.8 Å². The summed E-state index contributed by atoms with van der Waals surface area (Å²) < 4.78 is 36.7. The van der Waals surface area contributed by atoms with Crippen LogP contribution in [0.5, 0.6) is 5.75 Å². The molecule has 0 heterocycles. The molecule has 0 saturated carbocycles. The maximum absolute atomic E-state index is 12.3. The molecular weight excluding hydrogens is 384 g/mol. The number of carbonyl (C=O) groups excluding carboxylic acids is 2. The second kappa shape index (κ2) is 9.34. The van der Waals surface area contributed by atoms with Crippen LogP contribution in [0.15, 0.2) is 53.4 Å². The van der Waals surface area contributed by atoms with Crippen LogP contribution in [-0.4, -0.2) is 40.1 Å². The third kappa shape index (κ3) is 6.07. The molecular formula is C19H22N2O6S. The van der Waals surface area contributed by atoms with Gasteiger partial charge in [0.15, 0.2) is 6.61 Å². The van der Waals surface area contributed by atoms with Gasteiger partial charge in [0.25, 0.3) is 5.91 Å². The third-order valence-corrected chi connectivity index (χ3v) is 5.26. The van der Waals surface area contributed by atoms with E-state index in [1.807, 2.05) is 13.0 Å². The van der Waals surface area contributed by atoms with Gasteiger partial charge in [-0.05, 0) is 55.8 Å². The van der Waals surface area contributed by atoms with E-state index in [0.29, 0.717) is 11.4 Å². The SMILES string of the molecule is COc1ccc(S(=O)(=O)N[C@@H](C)C(=O)OCC(=O)Nc2cccc(C)c2)cc1. The largest absolute Gasteiger partial charge is 0.497 e. The highest BCUT2D eigenvalue weighted by Gasteiger charge is 2.23. The molecule has 150 valence electrons. The number of esters is 1. The van der Waals surface area contributed by atoms with Crippen LogP contribution >= 0.6 is 0 Å². The van der Waals surface area contributed by atoms with Crippen molar-refractivity contribution in [3.63, 3.8) is 0 Å². The van der Waals surface area contributed by atoms with Crippen molar-refractivity contribution in [3.05, 3.63) is 54.1 Å². The number of anilines is 1. The molecule has 0 bridgehead atoms. The van der Waals surface area contributed by atoms with Gasteiger partial charge >= 0.3 is 5.97 Å². The maximum atomic E-state index is 12.3. The van der Waals surface area contributed by atoms with Gasteiger partial charge in [0.05, 0.1) is 12.0 Å². The van der Waals surface area contributed by atoms with Crippen LogP contribution in [-0.2, 0) is 24.3 Å². The van der Waals surface area contributed by atoms with E-state index in [0.717, 1.165) is 5.56 Å². The maximum Gasteiger partial charge on any atom is 0.324 e. The van der Waals surface area contributed by atoms with E-state index in [4.69, 9.17) is 9.47 Å². The zero-order chi connectivity index (χ0) is 20.7. The molecule has 0 aromatic heterocycles. The first-order chi connectivity index (χ1) is 13.2. The van der Waals surface area contributed by atoms with Crippen molar-refractivity contribution in [2.24, 2.45) is 0 Å². The normalized spacial score (nSPS) is 12.1. The van der Waals surface area contributed by atoms with Gasteiger partial charge in [-0.1, -0.05) is 12.1 Å². The standard InChI is InChI=1S/C19H22N2O6S/c1-13-5-4-6-15(11-13)20-18(22)12-27-19(23)14(2)21-28(24,25)17-9-7-16(26-3)8-10-17/h4-11,14,21H,12H2,1-3H3,(H,20,22)/t14-/m0/s1. The Hall–Kier alpha value is -2.91. The van der Waals surface area contributed by atoms with Crippen molar-refractivity contribution in [1.82, 2.24) is 4.72 Å². The Morgan fingerprint density at radius 2 is 1.79 bits per heavy atom. The smallest absolute Gasteiger partial charge is 0.324 e. The summed E-state index contributed by atoms with van der Waals surface area (Å²) in [5, 5.41) is 2.60. The van der Waals surface area contributed by atoms with E-state index in [1.54, 1.807) is 18.2 Å². The second-order valence-corrected chi connectivity index (χ2v) is 7.76. The lowest BCUT2D eigenvalue weighted by Crippen LogP contribution is -2.40. The zero-order valence-corrected chi connectivity index (χ0v) is 16.6. The van der Waals surface area contributed by atoms with Crippen LogP contribution in [0.2, 0.25) is 0 Å². The van der Waals surface area contributed by atoms with E-state index in [1.165, 1.54) is 38.3 Å². The molecule has 9 heteroatoms. The molecule has 0 radical (unpaired) electrons. The fourth-order valence-corrected chi connectivity index (χ4v) is 3.48. The van der Waals surface area contributed by atoms with Gasteiger partial charge in [-0.25, -0.2) is 8.42 Å². The van der Waals surface area contributed by atoms with Crippen molar-refractivity contribution in [3.8, 4) is 5.75 Å². The van der Waals surface area contributed by atoms with E-state index in [-0.39, 0.29) is 4.90 Å². The summed E-state index contributed by atoms with van der Waals surface area (Å²) in [6.07, 6.45) is 0. The lowest BCUT2D eigenvalue weighted by molar-refractivity contribution is -0.148. The molecule has 0 spiro atoms. The number of methoxy groups -OCH3 is 1. The minimum absolute atomic E-state index is 0.0230. The van der Waals surface area contributed by atoms with Gasteiger partial charge < -0.3 is 14.8 Å². The first-order valence-corrected chi connectivity index (χ1v) is 9.89. The van der Waals surface area contributed by atoms with E-state index in [9.17, 15) is 18.0 Å². The molecule has 2 aromatic rings. The topological polar surface area (TPSA) is 111 Å². The molecule has 1 amide bonds. The monoisotopic (exact) mass is 406 g/mol. The van der Waals surface area contributed by atoms with E-state index < -0.39 is 34.5 Å². The first kappa shape index (κ1) is 21.4. The summed E-state index contributed by atoms with van der Waals surface area (Å²) in [6, 6.07) is 11.7. The van der Waals surface area contributed by atoms with Gasteiger partial charge in [-0.15, -0.1) is 0 Å². The van der Waals surface area contributed by atoms with Crippen LogP contribution < -0.4 is 14.8 Å². The highest BCUT2D eigenvalue weighted by Crippen LogP contribution is 2.15. The highest BCUT2D eigenvalue weighted by molar-refractivity contribution is 7.89. The summed E-state index contributed by atoms with van der Waals surface area (Å²) >= 11 is 0. The number of rotatable bonds is 8. The Labute approximate surface area is 163 Å². The Bertz CT molecular complexity index is 941. The first-order valence-electron chi connectivity index (χ1n) is 8.41. The number of ether oxygens (including phenoxy) is 2. The summed E-state index contributed by atoms with van der Waals surface area (Å²) in [6.45, 7) is 2.69. The highest BCUT2D eigenvalue weighted by atomic mass is 32.2. The molecule has 0 aliphatic carbocycles. The fraction of sp³-hybridized carbons (Fsp3) is 0.263. The molecule has 2 aromatic carbocycles. The molecule has 0 aliphatic heterocycles. The average Bonchev–Trinajstić information content (AvgIpc) is 2.65. The number of carbonyl (C=O) groups is 2. The number of hydrogen-bond donors (Lipinski definition) is 2. The van der Waals surface area contributed by atoms with Crippen LogP contribution in [0.4, 0.5) is 5.69 Å². The average molecular weight is 406 g/mol. The fourth-order valence-electron chi connectivity index (χ4n) is 2.29. The second-order valence-electron chi connectivity index (χ2n) is 6.04. The van der Waals surface area contributed by atoms with Gasteiger partial charge in [0, 0.05) is 5.69 Å². The number of aryl methyl sites for hydroxylation is 1. The molecule has 2 rings (SSSR count). The lowest BCUT2D eigenvalue weighted by atomic mass is 10.2. The number of nitrogens with one attached hydrogen (secondary N) is 2. The number of amides is 1. The van der Waals surface area contributed by atoms with Gasteiger partial charge in [-0.3, -0.25) is 9.59 Å².